The second-order valence-electron chi connectivity index (χ2n) is 5.30. The largest absolute Gasteiger partial charge is 0.416 e. The summed E-state index contributed by atoms with van der Waals surface area (Å²) in [5.74, 6) is 0. The molecular weight excluding hydrogens is 310 g/mol. The third-order valence-electron chi connectivity index (χ3n) is 3.79. The smallest absolute Gasteiger partial charge is 0.314 e. The van der Waals surface area contributed by atoms with Gasteiger partial charge in [0.1, 0.15) is 0 Å². The summed E-state index contributed by atoms with van der Waals surface area (Å²) in [5, 5.41) is 3.09. The van der Waals surface area contributed by atoms with Crippen LogP contribution in [-0.4, -0.2) is 31.1 Å². The first-order chi connectivity index (χ1) is 10.1. The third-order valence-corrected chi connectivity index (χ3v) is 3.79. The molecule has 0 bridgehead atoms. The number of rotatable bonds is 2. The molecule has 1 N–H and O–H groups in total. The van der Waals surface area contributed by atoms with E-state index in [0.717, 1.165) is 12.1 Å². The van der Waals surface area contributed by atoms with E-state index in [1.165, 1.54) is 0 Å². The van der Waals surface area contributed by atoms with E-state index >= 15 is 0 Å². The van der Waals surface area contributed by atoms with E-state index in [0.29, 0.717) is 26.2 Å². The van der Waals surface area contributed by atoms with E-state index in [2.05, 4.69) is 5.32 Å². The molecule has 2 rings (SSSR count). The van der Waals surface area contributed by atoms with Crippen LogP contribution >= 0.6 is 0 Å². The van der Waals surface area contributed by atoms with Gasteiger partial charge in [-0.25, -0.2) is 0 Å². The monoisotopic (exact) mass is 326 g/mol. The van der Waals surface area contributed by atoms with E-state index in [1.54, 1.807) is 6.92 Å². The highest BCUT2D eigenvalue weighted by Crippen LogP contribution is 2.38. The van der Waals surface area contributed by atoms with Crippen molar-refractivity contribution in [3.8, 4) is 0 Å². The molecule has 1 atom stereocenters. The molecular formula is C14H16F6N2. The molecule has 1 aromatic rings. The summed E-state index contributed by atoms with van der Waals surface area (Å²) in [7, 11) is 0. The third kappa shape index (κ3) is 3.92. The highest BCUT2D eigenvalue weighted by molar-refractivity contribution is 5.35. The van der Waals surface area contributed by atoms with Crippen molar-refractivity contribution in [2.75, 3.05) is 26.2 Å². The van der Waals surface area contributed by atoms with E-state index < -0.39 is 29.5 Å². The van der Waals surface area contributed by atoms with Gasteiger partial charge in [0, 0.05) is 32.2 Å². The summed E-state index contributed by atoms with van der Waals surface area (Å²) in [6.07, 6.45) is -9.61. The predicted molar refractivity (Wildman–Crippen MR) is 69.3 cm³/mol. The number of alkyl halides is 6. The van der Waals surface area contributed by atoms with Crippen molar-refractivity contribution in [3.05, 3.63) is 34.9 Å². The fraction of sp³-hybridized carbons (Fsp3) is 0.571. The molecule has 1 aromatic carbocycles. The molecule has 1 aliphatic heterocycles. The Morgan fingerprint density at radius 2 is 1.36 bits per heavy atom. The van der Waals surface area contributed by atoms with Crippen LogP contribution in [0.25, 0.3) is 0 Å². The van der Waals surface area contributed by atoms with Gasteiger partial charge in [-0.15, -0.1) is 0 Å². The van der Waals surface area contributed by atoms with Crippen LogP contribution in [0.1, 0.15) is 29.7 Å². The number of piperazine rings is 1. The standard InChI is InChI=1S/C14H16F6N2/c1-9(22-4-2-21-3-5-22)10-6-11(13(15,16)17)8-12(7-10)14(18,19)20/h6-9,21H,2-5H2,1H3/t9-/m1/s1. The number of nitrogens with zero attached hydrogens (tertiary/aromatic N) is 1. The number of hydrogen-bond acceptors (Lipinski definition) is 2. The minimum absolute atomic E-state index is 0.0315. The average Bonchev–Trinajstić information content (AvgIpc) is 2.45. The van der Waals surface area contributed by atoms with Crippen LogP contribution in [0.15, 0.2) is 18.2 Å². The Bertz CT molecular complexity index is 485. The second kappa shape index (κ2) is 6.08. The maximum Gasteiger partial charge on any atom is 0.416 e. The summed E-state index contributed by atoms with van der Waals surface area (Å²) >= 11 is 0. The first kappa shape index (κ1) is 17.1. The van der Waals surface area contributed by atoms with Crippen LogP contribution in [-0.2, 0) is 12.4 Å². The summed E-state index contributed by atoms with van der Waals surface area (Å²) in [5.41, 5.74) is -2.50. The van der Waals surface area contributed by atoms with Gasteiger partial charge in [-0.05, 0) is 30.7 Å². The molecule has 0 aromatic heterocycles. The first-order valence-corrected chi connectivity index (χ1v) is 6.83. The van der Waals surface area contributed by atoms with Crippen LogP contribution in [0, 0.1) is 0 Å². The number of hydrogen-bond donors (Lipinski definition) is 1. The highest BCUT2D eigenvalue weighted by Gasteiger charge is 2.37. The molecule has 8 heteroatoms. The van der Waals surface area contributed by atoms with Crippen LogP contribution in [0.2, 0.25) is 0 Å². The van der Waals surface area contributed by atoms with Crippen LogP contribution < -0.4 is 5.32 Å². The van der Waals surface area contributed by atoms with Gasteiger partial charge in [0.15, 0.2) is 0 Å². The second-order valence-corrected chi connectivity index (χ2v) is 5.30. The van der Waals surface area contributed by atoms with Crippen molar-refractivity contribution in [3.63, 3.8) is 0 Å². The Morgan fingerprint density at radius 1 is 0.909 bits per heavy atom. The molecule has 0 spiro atoms. The van der Waals surface area contributed by atoms with Crippen molar-refractivity contribution in [2.24, 2.45) is 0 Å². The molecule has 0 radical (unpaired) electrons. The number of halogens is 6. The molecule has 124 valence electrons. The van der Waals surface area contributed by atoms with Crippen molar-refractivity contribution in [1.29, 1.82) is 0 Å². The number of nitrogens with one attached hydrogen (secondary N) is 1. The Morgan fingerprint density at radius 3 is 1.77 bits per heavy atom. The van der Waals surface area contributed by atoms with Gasteiger partial charge >= 0.3 is 12.4 Å². The Kier molecular flexibility index (Phi) is 4.72. The maximum atomic E-state index is 12.9. The summed E-state index contributed by atoms with van der Waals surface area (Å²) in [4.78, 5) is 1.87. The summed E-state index contributed by atoms with van der Waals surface area (Å²) in [6.45, 7) is 4.11. The lowest BCUT2D eigenvalue weighted by molar-refractivity contribution is -0.143. The van der Waals surface area contributed by atoms with Gasteiger partial charge in [-0.2, -0.15) is 26.3 Å². The van der Waals surface area contributed by atoms with Gasteiger partial charge in [-0.3, -0.25) is 4.90 Å². The quantitative estimate of drug-likeness (QED) is 0.834. The molecule has 0 amide bonds. The zero-order valence-electron chi connectivity index (χ0n) is 11.9. The molecule has 0 aliphatic carbocycles. The van der Waals surface area contributed by atoms with Gasteiger partial charge < -0.3 is 5.32 Å². The van der Waals surface area contributed by atoms with Gasteiger partial charge in [0.05, 0.1) is 11.1 Å². The van der Waals surface area contributed by atoms with Crippen LogP contribution in [0.4, 0.5) is 26.3 Å². The zero-order valence-corrected chi connectivity index (χ0v) is 11.9. The fourth-order valence-corrected chi connectivity index (χ4v) is 2.50. The lowest BCUT2D eigenvalue weighted by atomic mass is 9.99. The Balaban J connectivity index is 2.41. The lowest BCUT2D eigenvalue weighted by Crippen LogP contribution is -2.44. The van der Waals surface area contributed by atoms with Crippen molar-refractivity contribution >= 4 is 0 Å². The molecule has 1 heterocycles. The van der Waals surface area contributed by atoms with Crippen molar-refractivity contribution in [2.45, 2.75) is 25.3 Å². The maximum absolute atomic E-state index is 12.9. The van der Waals surface area contributed by atoms with Crippen LogP contribution in [0.5, 0.6) is 0 Å². The fourth-order valence-electron chi connectivity index (χ4n) is 2.50. The Hall–Kier alpha value is -1.28. The average molecular weight is 326 g/mol. The van der Waals surface area contributed by atoms with Crippen molar-refractivity contribution in [1.82, 2.24) is 10.2 Å². The molecule has 2 nitrogen and oxygen atoms in total. The van der Waals surface area contributed by atoms with E-state index in [9.17, 15) is 26.3 Å². The zero-order chi connectivity index (χ0) is 16.5. The minimum Gasteiger partial charge on any atom is -0.314 e. The number of benzene rings is 1. The minimum atomic E-state index is -4.81. The summed E-state index contributed by atoms with van der Waals surface area (Å²) < 4.78 is 77.1. The lowest BCUT2D eigenvalue weighted by Gasteiger charge is -2.33. The highest BCUT2D eigenvalue weighted by atomic mass is 19.4. The van der Waals surface area contributed by atoms with E-state index in [-0.39, 0.29) is 11.6 Å². The summed E-state index contributed by atoms with van der Waals surface area (Å²) in [6, 6.07) is 1.27. The van der Waals surface area contributed by atoms with Crippen LogP contribution in [0.3, 0.4) is 0 Å². The van der Waals surface area contributed by atoms with E-state index in [4.69, 9.17) is 0 Å². The molecule has 0 saturated carbocycles. The van der Waals surface area contributed by atoms with Gasteiger partial charge in [-0.1, -0.05) is 0 Å². The first-order valence-electron chi connectivity index (χ1n) is 6.83. The molecule has 1 aliphatic rings. The normalized spacial score (nSPS) is 19.2. The van der Waals surface area contributed by atoms with Crippen molar-refractivity contribution < 1.29 is 26.3 Å². The molecule has 0 unspecified atom stereocenters. The predicted octanol–water partition coefficient (Wildman–Crippen LogP) is 3.69. The Labute approximate surface area is 124 Å². The molecule has 1 fully saturated rings. The SMILES string of the molecule is C[C@H](c1cc(C(F)(F)F)cc(C(F)(F)F)c1)N1CCNCC1. The molecule has 1 saturated heterocycles. The van der Waals surface area contributed by atoms with Gasteiger partial charge in [0.2, 0.25) is 0 Å². The topological polar surface area (TPSA) is 15.3 Å². The van der Waals surface area contributed by atoms with E-state index in [1.807, 2.05) is 4.90 Å². The van der Waals surface area contributed by atoms with Gasteiger partial charge in [0.25, 0.3) is 0 Å². The molecule has 22 heavy (non-hydrogen) atoms.